The van der Waals surface area contributed by atoms with E-state index in [2.05, 4.69) is 23.2 Å². The Morgan fingerprint density at radius 2 is 2.31 bits per heavy atom. The number of thiophene rings is 1. The number of aliphatic hydroxyl groups is 1. The van der Waals surface area contributed by atoms with Crippen LogP contribution < -0.4 is 5.32 Å². The second-order valence-electron chi connectivity index (χ2n) is 7.97. The molecule has 1 saturated heterocycles. The molecule has 1 aromatic heterocycles. The Labute approximate surface area is 180 Å². The Bertz CT molecular complexity index is 915. The molecule has 2 atom stereocenters. The van der Waals surface area contributed by atoms with E-state index in [9.17, 15) is 9.90 Å². The number of rotatable bonds is 4. The van der Waals surface area contributed by atoms with E-state index in [1.165, 1.54) is 10.4 Å². The van der Waals surface area contributed by atoms with Crippen molar-refractivity contribution >= 4 is 28.8 Å². The summed E-state index contributed by atoms with van der Waals surface area (Å²) in [6.07, 6.45) is 2.62. The summed E-state index contributed by atoms with van der Waals surface area (Å²) in [5.41, 5.74) is 3.62. The topological polar surface area (TPSA) is 61.8 Å². The molecular weight excluding hydrogens is 408 g/mol. The smallest absolute Gasteiger partial charge is 0.251 e. The predicted molar refractivity (Wildman–Crippen MR) is 116 cm³/mol. The summed E-state index contributed by atoms with van der Waals surface area (Å²) in [5.74, 6) is -0.0603. The Morgan fingerprint density at radius 1 is 1.48 bits per heavy atom. The minimum Gasteiger partial charge on any atom is -0.392 e. The summed E-state index contributed by atoms with van der Waals surface area (Å²) in [5, 5.41) is 12.4. The molecule has 2 aromatic rings. The highest BCUT2D eigenvalue weighted by Gasteiger charge is 2.45. The summed E-state index contributed by atoms with van der Waals surface area (Å²) >= 11 is 8.00. The first-order chi connectivity index (χ1) is 14.0. The number of carbonyl (C=O) groups excluding carboxylic acids is 1. The first kappa shape index (κ1) is 20.8. The molecule has 1 aromatic carbocycles. The van der Waals surface area contributed by atoms with Gasteiger partial charge in [0.05, 0.1) is 17.6 Å². The fourth-order valence-electron chi connectivity index (χ4n) is 4.69. The SMILES string of the molecule is CNC(=O)c1cccc(CN2CC[C@]3(C[C@@H]2C)OCCc2c3sc(Cl)c2CO)c1. The van der Waals surface area contributed by atoms with Crippen LogP contribution in [0.5, 0.6) is 0 Å². The predicted octanol–water partition coefficient (Wildman–Crippen LogP) is 3.71. The summed E-state index contributed by atoms with van der Waals surface area (Å²) in [7, 11) is 1.65. The van der Waals surface area contributed by atoms with Gasteiger partial charge in [0, 0.05) is 42.2 Å². The third-order valence-electron chi connectivity index (χ3n) is 6.22. The van der Waals surface area contributed by atoms with Gasteiger partial charge in [0.25, 0.3) is 5.91 Å². The van der Waals surface area contributed by atoms with E-state index in [-0.39, 0.29) is 18.1 Å². The van der Waals surface area contributed by atoms with Gasteiger partial charge in [0.1, 0.15) is 5.60 Å². The maximum atomic E-state index is 11.9. The molecule has 0 saturated carbocycles. The third-order valence-corrected chi connectivity index (χ3v) is 7.93. The van der Waals surface area contributed by atoms with Gasteiger partial charge in [-0.05, 0) is 49.4 Å². The van der Waals surface area contributed by atoms with E-state index >= 15 is 0 Å². The lowest BCUT2D eigenvalue weighted by atomic mass is 9.81. The monoisotopic (exact) mass is 434 g/mol. The van der Waals surface area contributed by atoms with Crippen LogP contribution in [0.15, 0.2) is 24.3 Å². The Kier molecular flexibility index (Phi) is 6.00. The van der Waals surface area contributed by atoms with Gasteiger partial charge in [0.15, 0.2) is 0 Å². The molecule has 0 aliphatic carbocycles. The van der Waals surface area contributed by atoms with Crippen molar-refractivity contribution in [1.82, 2.24) is 10.2 Å². The number of ether oxygens (including phenoxy) is 1. The van der Waals surface area contributed by atoms with Gasteiger partial charge in [-0.2, -0.15) is 0 Å². The number of likely N-dealkylation sites (tertiary alicyclic amines) is 1. The molecule has 156 valence electrons. The number of hydrogen-bond acceptors (Lipinski definition) is 5. The van der Waals surface area contributed by atoms with Crippen LogP contribution >= 0.6 is 22.9 Å². The van der Waals surface area contributed by atoms with Crippen molar-refractivity contribution in [2.24, 2.45) is 0 Å². The molecule has 2 aliphatic heterocycles. The quantitative estimate of drug-likeness (QED) is 0.770. The lowest BCUT2D eigenvalue weighted by molar-refractivity contribution is -0.110. The molecule has 2 N–H and O–H groups in total. The van der Waals surface area contributed by atoms with Crippen molar-refractivity contribution in [2.75, 3.05) is 20.2 Å². The van der Waals surface area contributed by atoms with E-state index in [1.807, 2.05) is 18.2 Å². The van der Waals surface area contributed by atoms with E-state index in [0.29, 0.717) is 22.5 Å². The summed E-state index contributed by atoms with van der Waals surface area (Å²) in [6, 6.07) is 8.16. The number of nitrogens with one attached hydrogen (secondary N) is 1. The largest absolute Gasteiger partial charge is 0.392 e. The lowest BCUT2D eigenvalue weighted by Gasteiger charge is -2.47. The fraction of sp³-hybridized carbons (Fsp3) is 0.500. The highest BCUT2D eigenvalue weighted by Crippen LogP contribution is 2.49. The zero-order valence-corrected chi connectivity index (χ0v) is 18.4. The normalized spacial score (nSPS) is 24.5. The second kappa shape index (κ2) is 8.36. The first-order valence-electron chi connectivity index (χ1n) is 10.1. The number of hydrogen-bond donors (Lipinski definition) is 2. The number of fused-ring (bicyclic) bond motifs is 2. The van der Waals surface area contributed by atoms with Crippen LogP contribution in [0.1, 0.15) is 51.7 Å². The van der Waals surface area contributed by atoms with E-state index < -0.39 is 0 Å². The first-order valence-corrected chi connectivity index (χ1v) is 11.3. The van der Waals surface area contributed by atoms with E-state index in [0.717, 1.165) is 43.5 Å². The molecule has 29 heavy (non-hydrogen) atoms. The molecule has 0 radical (unpaired) electrons. The number of carbonyl (C=O) groups is 1. The Balaban J connectivity index is 1.52. The highest BCUT2D eigenvalue weighted by atomic mass is 35.5. The van der Waals surface area contributed by atoms with Gasteiger partial charge in [-0.1, -0.05) is 23.7 Å². The van der Waals surface area contributed by atoms with E-state index in [1.54, 1.807) is 18.4 Å². The van der Waals surface area contributed by atoms with Crippen molar-refractivity contribution in [3.63, 3.8) is 0 Å². The van der Waals surface area contributed by atoms with Crippen LogP contribution in [0.25, 0.3) is 0 Å². The van der Waals surface area contributed by atoms with Gasteiger partial charge in [-0.25, -0.2) is 0 Å². The molecule has 7 heteroatoms. The molecule has 2 aliphatic rings. The molecule has 1 fully saturated rings. The minimum absolute atomic E-state index is 0.00982. The Morgan fingerprint density at radius 3 is 3.03 bits per heavy atom. The zero-order valence-electron chi connectivity index (χ0n) is 16.8. The van der Waals surface area contributed by atoms with Crippen molar-refractivity contribution in [3.05, 3.63) is 55.7 Å². The number of aliphatic hydroxyl groups excluding tert-OH is 1. The highest BCUT2D eigenvalue weighted by molar-refractivity contribution is 7.16. The fourth-order valence-corrected chi connectivity index (χ4v) is 6.36. The number of nitrogens with zero attached hydrogens (tertiary/aromatic N) is 1. The zero-order chi connectivity index (χ0) is 20.6. The van der Waals surface area contributed by atoms with Crippen molar-refractivity contribution in [3.8, 4) is 0 Å². The third kappa shape index (κ3) is 3.84. The summed E-state index contributed by atoms with van der Waals surface area (Å²) in [6.45, 7) is 4.62. The van der Waals surface area contributed by atoms with Crippen molar-refractivity contribution in [1.29, 1.82) is 0 Å². The Hall–Kier alpha value is -1.44. The average molecular weight is 435 g/mol. The second-order valence-corrected chi connectivity index (χ2v) is 9.59. The van der Waals surface area contributed by atoms with Crippen molar-refractivity contribution < 1.29 is 14.6 Å². The summed E-state index contributed by atoms with van der Waals surface area (Å²) in [4.78, 5) is 15.6. The van der Waals surface area contributed by atoms with Gasteiger partial charge in [0.2, 0.25) is 0 Å². The molecule has 3 heterocycles. The van der Waals surface area contributed by atoms with Gasteiger partial charge < -0.3 is 15.2 Å². The number of benzene rings is 1. The summed E-state index contributed by atoms with van der Waals surface area (Å²) < 4.78 is 7.07. The van der Waals surface area contributed by atoms with Crippen LogP contribution in [0.3, 0.4) is 0 Å². The molecule has 1 spiro atoms. The van der Waals surface area contributed by atoms with Crippen LogP contribution in [-0.2, 0) is 29.9 Å². The van der Waals surface area contributed by atoms with E-state index in [4.69, 9.17) is 16.3 Å². The minimum atomic E-state index is -0.296. The number of amides is 1. The lowest BCUT2D eigenvalue weighted by Crippen LogP contribution is -2.50. The number of halogens is 1. The molecule has 4 rings (SSSR count). The standard InChI is InChI=1S/C22H27ClN2O3S/c1-14-11-22(19-17(6-9-28-22)18(13-26)20(23)29-19)7-8-25(14)12-15-4-3-5-16(10-15)21(27)24-2/h3-5,10,14,26H,6-9,11-13H2,1-2H3,(H,24,27)/t14-,22+/m0/s1. The van der Waals surface area contributed by atoms with Crippen LogP contribution in [0.4, 0.5) is 0 Å². The maximum absolute atomic E-state index is 11.9. The molecule has 5 nitrogen and oxygen atoms in total. The molecule has 0 bridgehead atoms. The van der Waals surface area contributed by atoms with Crippen LogP contribution in [0.2, 0.25) is 4.34 Å². The van der Waals surface area contributed by atoms with Crippen molar-refractivity contribution in [2.45, 2.75) is 51.0 Å². The molecule has 0 unspecified atom stereocenters. The van der Waals surface area contributed by atoms with Gasteiger partial charge >= 0.3 is 0 Å². The van der Waals surface area contributed by atoms with Gasteiger partial charge in [-0.15, -0.1) is 11.3 Å². The van der Waals surface area contributed by atoms with Crippen LogP contribution in [-0.4, -0.2) is 42.2 Å². The average Bonchev–Trinajstić information content (AvgIpc) is 3.06. The maximum Gasteiger partial charge on any atom is 0.251 e. The molecule has 1 amide bonds. The van der Waals surface area contributed by atoms with Gasteiger partial charge in [-0.3, -0.25) is 9.69 Å². The number of piperidine rings is 1. The van der Waals surface area contributed by atoms with Crippen LogP contribution in [0, 0.1) is 0 Å². The molecular formula is C22H27ClN2O3S.